The van der Waals surface area contributed by atoms with E-state index in [-0.39, 0.29) is 17.9 Å². The van der Waals surface area contributed by atoms with Crippen molar-refractivity contribution in [1.82, 2.24) is 20.0 Å². The summed E-state index contributed by atoms with van der Waals surface area (Å²) in [5.74, 6) is -0.225. The Kier molecular flexibility index (Phi) is 5.18. The highest BCUT2D eigenvalue weighted by Gasteiger charge is 2.28. The lowest BCUT2D eigenvalue weighted by Crippen LogP contribution is -2.42. The number of rotatable bonds is 3. The monoisotopic (exact) mass is 308 g/mol. The largest absolute Gasteiger partial charge is 0.391 e. The second-order valence-electron chi connectivity index (χ2n) is 5.73. The molecule has 2 atom stereocenters. The van der Waals surface area contributed by atoms with Crippen molar-refractivity contribution >= 4 is 11.8 Å². The smallest absolute Gasteiger partial charge is 0.257 e. The molecule has 1 aromatic rings. The molecule has 0 aromatic carbocycles. The minimum Gasteiger partial charge on any atom is -0.391 e. The van der Waals surface area contributed by atoms with Crippen molar-refractivity contribution < 1.29 is 14.7 Å². The maximum absolute atomic E-state index is 12.6. The zero-order valence-corrected chi connectivity index (χ0v) is 13.4. The van der Waals surface area contributed by atoms with Gasteiger partial charge in [-0.1, -0.05) is 0 Å². The Hall–Kier alpha value is -1.89. The molecule has 2 rings (SSSR count). The van der Waals surface area contributed by atoms with Crippen molar-refractivity contribution in [2.24, 2.45) is 0 Å². The highest BCUT2D eigenvalue weighted by atomic mass is 16.3. The summed E-state index contributed by atoms with van der Waals surface area (Å²) in [6.07, 6.45) is 2.15. The molecule has 2 heterocycles. The zero-order valence-electron chi connectivity index (χ0n) is 13.4. The Balaban J connectivity index is 2.08. The molecular weight excluding hydrogens is 284 g/mol. The average Bonchev–Trinajstić information content (AvgIpc) is 2.76. The summed E-state index contributed by atoms with van der Waals surface area (Å²) in [5, 5.41) is 17.1. The number of carbonyl (C=O) groups is 2. The van der Waals surface area contributed by atoms with E-state index in [1.807, 2.05) is 13.8 Å². The Morgan fingerprint density at radius 2 is 2.09 bits per heavy atom. The van der Waals surface area contributed by atoms with Gasteiger partial charge in [0.2, 0.25) is 5.91 Å². The van der Waals surface area contributed by atoms with E-state index in [2.05, 4.69) is 10.4 Å². The van der Waals surface area contributed by atoms with E-state index >= 15 is 0 Å². The van der Waals surface area contributed by atoms with Crippen LogP contribution in [0.4, 0.5) is 0 Å². The van der Waals surface area contributed by atoms with Gasteiger partial charge in [-0.05, 0) is 26.7 Å². The second-order valence-corrected chi connectivity index (χ2v) is 5.73. The number of aryl methyl sites for hydroxylation is 2. The average molecular weight is 308 g/mol. The fraction of sp³-hybridized carbons (Fsp3) is 0.667. The molecule has 1 aliphatic heterocycles. The van der Waals surface area contributed by atoms with Gasteiger partial charge in [0.15, 0.2) is 0 Å². The minimum atomic E-state index is -0.624. The van der Waals surface area contributed by atoms with Crippen LogP contribution >= 0.6 is 0 Å². The van der Waals surface area contributed by atoms with Crippen molar-refractivity contribution in [2.75, 3.05) is 13.1 Å². The Bertz CT molecular complexity index is 555. The first kappa shape index (κ1) is 16.5. The van der Waals surface area contributed by atoms with Crippen LogP contribution in [0.5, 0.6) is 0 Å². The van der Waals surface area contributed by atoms with Crippen LogP contribution in [-0.4, -0.2) is 56.8 Å². The minimum absolute atomic E-state index is 0.0622. The van der Waals surface area contributed by atoms with Gasteiger partial charge in [-0.25, -0.2) is 0 Å². The SMILES string of the molecule is CCn1cc(C(=O)N2CC[C@H](NC(C)=O)[C@@H](O)CC2)c(C)n1. The molecule has 2 amide bonds. The molecule has 1 fully saturated rings. The van der Waals surface area contributed by atoms with E-state index in [9.17, 15) is 14.7 Å². The third kappa shape index (κ3) is 3.65. The summed E-state index contributed by atoms with van der Waals surface area (Å²) in [7, 11) is 0. The third-order valence-electron chi connectivity index (χ3n) is 4.05. The van der Waals surface area contributed by atoms with Gasteiger partial charge in [-0.3, -0.25) is 14.3 Å². The van der Waals surface area contributed by atoms with Crippen molar-refractivity contribution in [3.63, 3.8) is 0 Å². The molecule has 22 heavy (non-hydrogen) atoms. The van der Waals surface area contributed by atoms with Gasteiger partial charge in [0, 0.05) is 32.8 Å². The number of likely N-dealkylation sites (tertiary alicyclic amines) is 1. The predicted octanol–water partition coefficient (Wildman–Crippen LogP) is 0.313. The van der Waals surface area contributed by atoms with Crippen LogP contribution in [-0.2, 0) is 11.3 Å². The van der Waals surface area contributed by atoms with Crippen molar-refractivity contribution in [3.05, 3.63) is 17.5 Å². The molecule has 7 heteroatoms. The number of hydrogen-bond donors (Lipinski definition) is 2. The van der Waals surface area contributed by atoms with E-state index in [0.29, 0.717) is 31.5 Å². The van der Waals surface area contributed by atoms with Gasteiger partial charge in [0.25, 0.3) is 5.91 Å². The molecule has 0 bridgehead atoms. The van der Waals surface area contributed by atoms with Crippen LogP contribution in [0.3, 0.4) is 0 Å². The van der Waals surface area contributed by atoms with Gasteiger partial charge in [0.1, 0.15) is 0 Å². The maximum Gasteiger partial charge on any atom is 0.257 e. The number of aromatic nitrogens is 2. The molecule has 0 spiro atoms. The van der Waals surface area contributed by atoms with Crippen LogP contribution < -0.4 is 5.32 Å². The van der Waals surface area contributed by atoms with E-state index in [0.717, 1.165) is 12.2 Å². The fourth-order valence-corrected chi connectivity index (χ4v) is 2.78. The first-order valence-corrected chi connectivity index (χ1v) is 7.70. The van der Waals surface area contributed by atoms with Gasteiger partial charge >= 0.3 is 0 Å². The Morgan fingerprint density at radius 3 is 2.68 bits per heavy atom. The first-order chi connectivity index (χ1) is 10.4. The number of hydrogen-bond acceptors (Lipinski definition) is 4. The van der Waals surface area contributed by atoms with E-state index in [4.69, 9.17) is 0 Å². The van der Waals surface area contributed by atoms with E-state index < -0.39 is 6.10 Å². The molecule has 1 aromatic heterocycles. The van der Waals surface area contributed by atoms with Gasteiger partial charge in [-0.2, -0.15) is 5.10 Å². The molecule has 1 saturated heterocycles. The van der Waals surface area contributed by atoms with Crippen LogP contribution in [0.25, 0.3) is 0 Å². The molecule has 0 unspecified atom stereocenters. The van der Waals surface area contributed by atoms with E-state index in [1.54, 1.807) is 15.8 Å². The summed E-state index contributed by atoms with van der Waals surface area (Å²) < 4.78 is 1.75. The number of carbonyl (C=O) groups excluding carboxylic acids is 2. The number of nitrogens with one attached hydrogen (secondary N) is 1. The normalized spacial score (nSPS) is 22.3. The molecule has 2 N–H and O–H groups in total. The highest BCUT2D eigenvalue weighted by Crippen LogP contribution is 2.16. The lowest BCUT2D eigenvalue weighted by Gasteiger charge is -2.20. The molecule has 0 saturated carbocycles. The molecular formula is C15H24N4O3. The summed E-state index contributed by atoms with van der Waals surface area (Å²) >= 11 is 0. The molecule has 0 aliphatic carbocycles. The number of aliphatic hydroxyl groups excluding tert-OH is 1. The fourth-order valence-electron chi connectivity index (χ4n) is 2.78. The lowest BCUT2D eigenvalue weighted by molar-refractivity contribution is -0.120. The van der Waals surface area contributed by atoms with Crippen molar-refractivity contribution in [1.29, 1.82) is 0 Å². The van der Waals surface area contributed by atoms with Crippen LogP contribution in [0, 0.1) is 6.92 Å². The van der Waals surface area contributed by atoms with Crippen LogP contribution in [0.2, 0.25) is 0 Å². The van der Waals surface area contributed by atoms with Crippen LogP contribution in [0.15, 0.2) is 6.20 Å². The Morgan fingerprint density at radius 1 is 1.41 bits per heavy atom. The summed E-state index contributed by atoms with van der Waals surface area (Å²) in [6, 6.07) is -0.297. The number of amides is 2. The Labute approximate surface area is 130 Å². The number of nitrogens with zero attached hydrogens (tertiary/aromatic N) is 3. The highest BCUT2D eigenvalue weighted by molar-refractivity contribution is 5.95. The van der Waals surface area contributed by atoms with E-state index in [1.165, 1.54) is 6.92 Å². The summed E-state index contributed by atoms with van der Waals surface area (Å²) in [4.78, 5) is 25.5. The van der Waals surface area contributed by atoms with Crippen molar-refractivity contribution in [3.8, 4) is 0 Å². The first-order valence-electron chi connectivity index (χ1n) is 7.70. The molecule has 7 nitrogen and oxygen atoms in total. The second kappa shape index (κ2) is 6.91. The van der Waals surface area contributed by atoms with Gasteiger partial charge in [0.05, 0.1) is 23.4 Å². The number of aliphatic hydroxyl groups is 1. The quantitative estimate of drug-likeness (QED) is 0.841. The summed E-state index contributed by atoms with van der Waals surface area (Å²) in [5.41, 5.74) is 1.32. The summed E-state index contributed by atoms with van der Waals surface area (Å²) in [6.45, 7) is 6.94. The maximum atomic E-state index is 12.6. The molecule has 122 valence electrons. The lowest BCUT2D eigenvalue weighted by atomic mass is 10.1. The molecule has 0 radical (unpaired) electrons. The predicted molar refractivity (Wildman–Crippen MR) is 81.4 cm³/mol. The standard InChI is InChI=1S/C15H24N4O3/c1-4-19-9-12(10(2)17-19)15(22)18-7-5-13(16-11(3)20)14(21)6-8-18/h9,13-14,21H,4-8H2,1-3H3,(H,16,20)/t13-,14-/m0/s1. The third-order valence-corrected chi connectivity index (χ3v) is 4.05. The topological polar surface area (TPSA) is 87.5 Å². The van der Waals surface area contributed by atoms with Gasteiger partial charge in [-0.15, -0.1) is 0 Å². The van der Waals surface area contributed by atoms with Crippen LogP contribution in [0.1, 0.15) is 42.7 Å². The van der Waals surface area contributed by atoms with Gasteiger partial charge < -0.3 is 15.3 Å². The zero-order chi connectivity index (χ0) is 16.3. The molecule has 1 aliphatic rings. The van der Waals surface area contributed by atoms with Crippen molar-refractivity contribution in [2.45, 2.75) is 52.3 Å².